The molecule has 0 saturated heterocycles. The molecule has 3 nitrogen and oxygen atoms in total. The van der Waals surface area contributed by atoms with Crippen LogP contribution in [0.1, 0.15) is 19.1 Å². The zero-order valence-corrected chi connectivity index (χ0v) is 9.71. The fourth-order valence-electron chi connectivity index (χ4n) is 1.21. The molecule has 0 aromatic carbocycles. The van der Waals surface area contributed by atoms with E-state index in [0.29, 0.717) is 11.8 Å². The molecule has 0 radical (unpaired) electrons. The van der Waals surface area contributed by atoms with Crippen LogP contribution in [0.2, 0.25) is 0 Å². The smallest absolute Gasteiger partial charge is 0.221 e. The van der Waals surface area contributed by atoms with E-state index >= 15 is 0 Å². The molecule has 1 aromatic heterocycles. The number of amides is 1. The predicted molar refractivity (Wildman–Crippen MR) is 58.4 cm³/mol. The summed E-state index contributed by atoms with van der Waals surface area (Å²) in [4.78, 5) is 11.2. The molecule has 0 fully saturated rings. The minimum atomic E-state index is 0.0703. The van der Waals surface area contributed by atoms with Gasteiger partial charge >= 0.3 is 0 Å². The van der Waals surface area contributed by atoms with Crippen molar-refractivity contribution < 1.29 is 9.21 Å². The number of hydrogen-bond donors (Lipinski definition) is 1. The maximum Gasteiger partial charge on any atom is 0.221 e. The second-order valence-electron chi connectivity index (χ2n) is 3.19. The summed E-state index contributed by atoms with van der Waals surface area (Å²) in [6.45, 7) is 1.97. The lowest BCUT2D eigenvalue weighted by atomic mass is 10.2. The van der Waals surface area contributed by atoms with E-state index in [9.17, 15) is 4.79 Å². The lowest BCUT2D eigenvalue weighted by molar-refractivity contribution is -0.121. The van der Waals surface area contributed by atoms with Gasteiger partial charge < -0.3 is 9.73 Å². The van der Waals surface area contributed by atoms with E-state index in [4.69, 9.17) is 4.42 Å². The van der Waals surface area contributed by atoms with Crippen molar-refractivity contribution >= 4 is 21.8 Å². The first-order valence-corrected chi connectivity index (χ1v) is 5.72. The first kappa shape index (κ1) is 11.3. The van der Waals surface area contributed by atoms with E-state index in [0.717, 1.165) is 12.2 Å². The minimum absolute atomic E-state index is 0.0703. The number of nitrogens with one attached hydrogen (secondary N) is 1. The molecule has 1 atom stereocenters. The van der Waals surface area contributed by atoms with Crippen LogP contribution in [0, 0.1) is 0 Å². The summed E-state index contributed by atoms with van der Waals surface area (Å²) in [6.07, 6.45) is 2.89. The molecule has 0 aliphatic heterocycles. The highest BCUT2D eigenvalue weighted by molar-refractivity contribution is 9.09. The molecule has 4 heteroatoms. The molecule has 0 spiro atoms. The SMILES string of the molecule is CC(Cc1ccco1)NC(=O)CCBr. The lowest BCUT2D eigenvalue weighted by Gasteiger charge is -2.11. The van der Waals surface area contributed by atoms with Crippen LogP contribution < -0.4 is 5.32 Å². The van der Waals surface area contributed by atoms with Crippen LogP contribution in [0.4, 0.5) is 0 Å². The van der Waals surface area contributed by atoms with E-state index in [1.807, 2.05) is 19.1 Å². The Morgan fingerprint density at radius 3 is 3.07 bits per heavy atom. The number of halogens is 1. The molecule has 14 heavy (non-hydrogen) atoms. The van der Waals surface area contributed by atoms with Gasteiger partial charge in [0, 0.05) is 24.2 Å². The summed E-state index contributed by atoms with van der Waals surface area (Å²) >= 11 is 3.22. The fraction of sp³-hybridized carbons (Fsp3) is 0.500. The molecule has 1 amide bonds. The van der Waals surface area contributed by atoms with Crippen LogP contribution in [0.15, 0.2) is 22.8 Å². The maximum atomic E-state index is 11.2. The van der Waals surface area contributed by atoms with Gasteiger partial charge in [0.2, 0.25) is 5.91 Å². The molecule has 0 saturated carbocycles. The molecule has 78 valence electrons. The standard InChI is InChI=1S/C10H14BrNO2/c1-8(12-10(13)4-5-11)7-9-3-2-6-14-9/h2-3,6,8H,4-5,7H2,1H3,(H,12,13). The molecule has 1 N–H and O–H groups in total. The second kappa shape index (κ2) is 5.86. The Balaban J connectivity index is 2.29. The summed E-state index contributed by atoms with van der Waals surface area (Å²) in [7, 11) is 0. The summed E-state index contributed by atoms with van der Waals surface area (Å²) in [6, 6.07) is 3.88. The monoisotopic (exact) mass is 259 g/mol. The summed E-state index contributed by atoms with van der Waals surface area (Å²) in [5.41, 5.74) is 0. The average molecular weight is 260 g/mol. The normalized spacial score (nSPS) is 12.4. The Hall–Kier alpha value is -0.770. The van der Waals surface area contributed by atoms with Crippen LogP contribution >= 0.6 is 15.9 Å². The van der Waals surface area contributed by atoms with Crippen LogP contribution in [0.25, 0.3) is 0 Å². The largest absolute Gasteiger partial charge is 0.469 e. The predicted octanol–water partition coefficient (Wildman–Crippen LogP) is 2.11. The average Bonchev–Trinajstić information content (AvgIpc) is 2.56. The van der Waals surface area contributed by atoms with Crippen molar-refractivity contribution in [2.75, 3.05) is 5.33 Å². The molecule has 1 aromatic rings. The van der Waals surface area contributed by atoms with Gasteiger partial charge in [0.25, 0.3) is 0 Å². The molecular weight excluding hydrogens is 246 g/mol. The first-order chi connectivity index (χ1) is 6.72. The van der Waals surface area contributed by atoms with E-state index in [2.05, 4.69) is 21.2 Å². The Bertz CT molecular complexity index is 272. The maximum absolute atomic E-state index is 11.2. The summed E-state index contributed by atoms with van der Waals surface area (Å²) < 4.78 is 5.19. The van der Waals surface area contributed by atoms with Crippen molar-refractivity contribution in [2.45, 2.75) is 25.8 Å². The molecule has 1 heterocycles. The number of rotatable bonds is 5. The number of hydrogen-bond acceptors (Lipinski definition) is 2. The number of alkyl halides is 1. The van der Waals surface area contributed by atoms with Gasteiger partial charge in [-0.2, -0.15) is 0 Å². The Labute approximate surface area is 92.0 Å². The highest BCUT2D eigenvalue weighted by Gasteiger charge is 2.08. The minimum Gasteiger partial charge on any atom is -0.469 e. The van der Waals surface area contributed by atoms with Crippen molar-refractivity contribution in [1.29, 1.82) is 0 Å². The van der Waals surface area contributed by atoms with Crippen LogP contribution in [0.3, 0.4) is 0 Å². The van der Waals surface area contributed by atoms with E-state index in [-0.39, 0.29) is 11.9 Å². The van der Waals surface area contributed by atoms with Gasteiger partial charge in [0.1, 0.15) is 5.76 Å². The Kier molecular flexibility index (Phi) is 4.73. The molecule has 0 aliphatic rings. The van der Waals surface area contributed by atoms with Crippen LogP contribution in [0.5, 0.6) is 0 Å². The van der Waals surface area contributed by atoms with Gasteiger partial charge in [-0.05, 0) is 19.1 Å². The lowest BCUT2D eigenvalue weighted by Crippen LogP contribution is -2.33. The number of furan rings is 1. The van der Waals surface area contributed by atoms with Gasteiger partial charge in [0.15, 0.2) is 0 Å². The zero-order chi connectivity index (χ0) is 10.4. The van der Waals surface area contributed by atoms with Crippen molar-refractivity contribution in [3.05, 3.63) is 24.2 Å². The third-order valence-corrected chi connectivity index (χ3v) is 2.21. The molecule has 0 aliphatic carbocycles. The molecule has 1 rings (SSSR count). The van der Waals surface area contributed by atoms with E-state index in [1.54, 1.807) is 6.26 Å². The van der Waals surface area contributed by atoms with Crippen molar-refractivity contribution in [1.82, 2.24) is 5.32 Å². The first-order valence-electron chi connectivity index (χ1n) is 4.60. The van der Waals surface area contributed by atoms with Crippen LogP contribution in [-0.2, 0) is 11.2 Å². The van der Waals surface area contributed by atoms with E-state index in [1.165, 1.54) is 0 Å². The third kappa shape index (κ3) is 3.96. The topological polar surface area (TPSA) is 42.2 Å². The van der Waals surface area contributed by atoms with Gasteiger partial charge in [-0.1, -0.05) is 15.9 Å². The summed E-state index contributed by atoms with van der Waals surface area (Å²) in [5.74, 6) is 0.970. The quantitative estimate of drug-likeness (QED) is 0.824. The second-order valence-corrected chi connectivity index (χ2v) is 3.98. The third-order valence-electron chi connectivity index (χ3n) is 1.82. The van der Waals surface area contributed by atoms with E-state index < -0.39 is 0 Å². The van der Waals surface area contributed by atoms with Gasteiger partial charge in [-0.3, -0.25) is 4.79 Å². The van der Waals surface area contributed by atoms with Gasteiger partial charge in [-0.15, -0.1) is 0 Å². The highest BCUT2D eigenvalue weighted by Crippen LogP contribution is 2.03. The van der Waals surface area contributed by atoms with Gasteiger partial charge in [-0.25, -0.2) is 0 Å². The molecule has 0 bridgehead atoms. The molecular formula is C10H14BrNO2. The Morgan fingerprint density at radius 1 is 1.71 bits per heavy atom. The van der Waals surface area contributed by atoms with Crippen molar-refractivity contribution in [3.63, 3.8) is 0 Å². The zero-order valence-electron chi connectivity index (χ0n) is 8.13. The van der Waals surface area contributed by atoms with Crippen molar-refractivity contribution in [3.8, 4) is 0 Å². The van der Waals surface area contributed by atoms with Crippen LogP contribution in [-0.4, -0.2) is 17.3 Å². The number of carbonyl (C=O) groups is 1. The number of carbonyl (C=O) groups excluding carboxylic acids is 1. The molecule has 1 unspecified atom stereocenters. The fourth-order valence-corrected chi connectivity index (χ4v) is 1.57. The Morgan fingerprint density at radius 2 is 2.50 bits per heavy atom. The van der Waals surface area contributed by atoms with Crippen molar-refractivity contribution in [2.24, 2.45) is 0 Å². The van der Waals surface area contributed by atoms with Gasteiger partial charge in [0.05, 0.1) is 6.26 Å². The highest BCUT2D eigenvalue weighted by atomic mass is 79.9. The summed E-state index contributed by atoms with van der Waals surface area (Å²) in [5, 5.41) is 3.59.